The van der Waals surface area contributed by atoms with Crippen LogP contribution in [0.3, 0.4) is 0 Å². The van der Waals surface area contributed by atoms with Gasteiger partial charge < -0.3 is 24.6 Å². The van der Waals surface area contributed by atoms with Crippen LogP contribution >= 0.6 is 15.9 Å². The number of likely N-dealkylation sites (tertiary alicyclic amines) is 1. The second-order valence-electron chi connectivity index (χ2n) is 10.3. The van der Waals surface area contributed by atoms with Gasteiger partial charge in [0, 0.05) is 23.1 Å². The molecule has 43 heavy (non-hydrogen) atoms. The zero-order valence-electron chi connectivity index (χ0n) is 24.1. The molecule has 0 bridgehead atoms. The van der Waals surface area contributed by atoms with E-state index in [1.165, 1.54) is 0 Å². The van der Waals surface area contributed by atoms with E-state index < -0.39 is 0 Å². The third-order valence-corrected chi connectivity index (χ3v) is 7.86. The molecule has 224 valence electrons. The van der Waals surface area contributed by atoms with Crippen molar-refractivity contribution in [3.05, 3.63) is 88.2 Å². The molecule has 2 N–H and O–H groups in total. The van der Waals surface area contributed by atoms with Gasteiger partial charge in [0.1, 0.15) is 0 Å². The molecule has 11 heteroatoms. The quantitative estimate of drug-likeness (QED) is 0.224. The summed E-state index contributed by atoms with van der Waals surface area (Å²) in [5.74, 6) is 1.73. The average molecular weight is 649 g/mol. The summed E-state index contributed by atoms with van der Waals surface area (Å²) < 4.78 is 17.1. The summed E-state index contributed by atoms with van der Waals surface area (Å²) in [5.41, 5.74) is 2.78. The Labute approximate surface area is 258 Å². The number of nitrogens with zero attached hydrogens (tertiary/aromatic N) is 3. The first-order valence-electron chi connectivity index (χ1n) is 14.1. The van der Waals surface area contributed by atoms with E-state index in [0.717, 1.165) is 35.0 Å². The molecule has 5 rings (SSSR count). The highest BCUT2D eigenvalue weighted by Gasteiger charge is 2.28. The number of carbonyl (C=O) groups excluding carboxylic acids is 2. The molecule has 0 aliphatic carbocycles. The Balaban J connectivity index is 1.15. The largest absolute Gasteiger partial charge is 0.493 e. The fraction of sp³-hybridized carbons (Fsp3) is 0.312. The second-order valence-corrected chi connectivity index (χ2v) is 11.2. The first-order chi connectivity index (χ1) is 20.9. The van der Waals surface area contributed by atoms with Crippen molar-refractivity contribution in [3.8, 4) is 22.9 Å². The number of ether oxygens (including phenoxy) is 2. The van der Waals surface area contributed by atoms with Gasteiger partial charge in [0.15, 0.2) is 11.5 Å². The number of hydrogen-bond donors (Lipinski definition) is 2. The van der Waals surface area contributed by atoms with E-state index in [1.54, 1.807) is 32.4 Å². The zero-order chi connectivity index (χ0) is 30.2. The van der Waals surface area contributed by atoms with E-state index in [9.17, 15) is 9.59 Å². The molecule has 1 saturated heterocycles. The lowest BCUT2D eigenvalue weighted by Crippen LogP contribution is -2.40. The third kappa shape index (κ3) is 7.79. The molecule has 10 nitrogen and oxygen atoms in total. The van der Waals surface area contributed by atoms with Gasteiger partial charge in [0.2, 0.25) is 17.6 Å². The normalized spacial score (nSPS) is 15.1. The molecule has 1 aromatic heterocycles. The standard InChI is InChI=1S/C32H34BrN5O5/c1-41-27-13-12-21(17-28(27)42-2)14-15-34-32(40)25-10-3-4-11-26(25)35-31(39)23-8-6-16-38(19-23)20-29-36-30(37-43-29)22-7-5-9-24(33)18-22/h3-5,7,9-13,17-18,23H,6,8,14-16,19-20H2,1-2H3,(H,34,40)(H,35,39). The van der Waals surface area contributed by atoms with Crippen LogP contribution in [-0.2, 0) is 17.8 Å². The van der Waals surface area contributed by atoms with Crippen molar-refractivity contribution >= 4 is 33.4 Å². The Bertz CT molecular complexity index is 1580. The second kappa shape index (κ2) is 14.3. The molecule has 3 aromatic carbocycles. The summed E-state index contributed by atoms with van der Waals surface area (Å²) in [7, 11) is 3.18. The molecule has 1 atom stereocenters. The lowest BCUT2D eigenvalue weighted by Gasteiger charge is -2.31. The van der Waals surface area contributed by atoms with Gasteiger partial charge in [-0.2, -0.15) is 4.98 Å². The number of rotatable bonds is 11. The maximum Gasteiger partial charge on any atom is 0.253 e. The van der Waals surface area contributed by atoms with Crippen LogP contribution in [0.15, 0.2) is 75.7 Å². The fourth-order valence-electron chi connectivity index (χ4n) is 5.14. The van der Waals surface area contributed by atoms with Crippen LogP contribution in [0.1, 0.15) is 34.7 Å². The molecule has 1 fully saturated rings. The molecule has 0 radical (unpaired) electrons. The number of carbonyl (C=O) groups is 2. The molecule has 1 aliphatic heterocycles. The third-order valence-electron chi connectivity index (χ3n) is 7.36. The number of hydrogen-bond acceptors (Lipinski definition) is 8. The van der Waals surface area contributed by atoms with Crippen LogP contribution in [0.5, 0.6) is 11.5 Å². The van der Waals surface area contributed by atoms with Gasteiger partial charge in [-0.15, -0.1) is 0 Å². The van der Waals surface area contributed by atoms with Crippen LogP contribution in [0.2, 0.25) is 0 Å². The minimum absolute atomic E-state index is 0.115. The molecular weight excluding hydrogens is 614 g/mol. The minimum Gasteiger partial charge on any atom is -0.493 e. The number of aromatic nitrogens is 2. The highest BCUT2D eigenvalue weighted by molar-refractivity contribution is 9.10. The predicted molar refractivity (Wildman–Crippen MR) is 166 cm³/mol. The Hall–Kier alpha value is -4.22. The molecule has 1 aliphatic rings. The van der Waals surface area contributed by atoms with Crippen molar-refractivity contribution in [3.63, 3.8) is 0 Å². The van der Waals surface area contributed by atoms with E-state index in [-0.39, 0.29) is 17.7 Å². The summed E-state index contributed by atoms with van der Waals surface area (Å²) in [5, 5.41) is 10.1. The van der Waals surface area contributed by atoms with Crippen molar-refractivity contribution in [2.24, 2.45) is 5.92 Å². The van der Waals surface area contributed by atoms with E-state index in [2.05, 4.69) is 41.6 Å². The molecule has 4 aromatic rings. The van der Waals surface area contributed by atoms with Crippen LogP contribution in [0, 0.1) is 5.92 Å². The summed E-state index contributed by atoms with van der Waals surface area (Å²) in [6, 6.07) is 20.5. The van der Waals surface area contributed by atoms with Crippen LogP contribution < -0.4 is 20.1 Å². The van der Waals surface area contributed by atoms with Gasteiger partial charge >= 0.3 is 0 Å². The van der Waals surface area contributed by atoms with Crippen molar-refractivity contribution in [2.75, 3.05) is 39.2 Å². The number of piperidine rings is 1. The Morgan fingerprint density at radius 2 is 1.88 bits per heavy atom. The van der Waals surface area contributed by atoms with Crippen LogP contribution in [0.25, 0.3) is 11.4 Å². The molecule has 2 heterocycles. The van der Waals surface area contributed by atoms with Gasteiger partial charge in [0.25, 0.3) is 5.91 Å². The summed E-state index contributed by atoms with van der Waals surface area (Å²) in [6.07, 6.45) is 2.24. The summed E-state index contributed by atoms with van der Waals surface area (Å²) in [6.45, 7) is 2.27. The topological polar surface area (TPSA) is 119 Å². The van der Waals surface area contributed by atoms with Gasteiger partial charge in [0.05, 0.1) is 37.9 Å². The highest BCUT2D eigenvalue weighted by Crippen LogP contribution is 2.28. The van der Waals surface area contributed by atoms with Crippen LogP contribution in [-0.4, -0.2) is 60.7 Å². The maximum absolute atomic E-state index is 13.3. The van der Waals surface area contributed by atoms with E-state index in [1.807, 2.05) is 48.5 Å². The molecule has 2 amide bonds. The SMILES string of the molecule is COc1ccc(CCNC(=O)c2ccccc2NC(=O)C2CCCN(Cc3nc(-c4cccc(Br)c4)no3)C2)cc1OC. The van der Waals surface area contributed by atoms with Crippen LogP contribution in [0.4, 0.5) is 5.69 Å². The first kappa shape index (κ1) is 30.2. The van der Waals surface area contributed by atoms with Crippen molar-refractivity contribution in [1.82, 2.24) is 20.4 Å². The Morgan fingerprint density at radius 3 is 2.70 bits per heavy atom. The number of benzene rings is 3. The van der Waals surface area contributed by atoms with Crippen molar-refractivity contribution < 1.29 is 23.6 Å². The van der Waals surface area contributed by atoms with Gasteiger partial charge in [-0.05, 0) is 67.8 Å². The molecule has 0 spiro atoms. The fourth-order valence-corrected chi connectivity index (χ4v) is 5.54. The monoisotopic (exact) mass is 647 g/mol. The molecule has 0 saturated carbocycles. The minimum atomic E-state index is -0.251. The highest BCUT2D eigenvalue weighted by atomic mass is 79.9. The summed E-state index contributed by atoms with van der Waals surface area (Å²) in [4.78, 5) is 33.1. The number of methoxy groups -OCH3 is 2. The number of amides is 2. The first-order valence-corrected chi connectivity index (χ1v) is 14.9. The lowest BCUT2D eigenvalue weighted by molar-refractivity contribution is -0.121. The smallest absolute Gasteiger partial charge is 0.253 e. The summed E-state index contributed by atoms with van der Waals surface area (Å²) >= 11 is 3.47. The van der Waals surface area contributed by atoms with Crippen molar-refractivity contribution in [1.29, 1.82) is 0 Å². The Kier molecular flexibility index (Phi) is 10.1. The van der Waals surface area contributed by atoms with Gasteiger partial charge in [-0.25, -0.2) is 0 Å². The lowest BCUT2D eigenvalue weighted by atomic mass is 9.96. The van der Waals surface area contributed by atoms with Crippen molar-refractivity contribution in [2.45, 2.75) is 25.8 Å². The number of anilines is 1. The van der Waals surface area contributed by atoms with Gasteiger partial charge in [-0.1, -0.05) is 51.4 Å². The Morgan fingerprint density at radius 1 is 1.05 bits per heavy atom. The number of halogens is 1. The van der Waals surface area contributed by atoms with E-state index >= 15 is 0 Å². The molecular formula is C32H34BrN5O5. The number of nitrogens with one attached hydrogen (secondary N) is 2. The molecule has 1 unspecified atom stereocenters. The maximum atomic E-state index is 13.3. The average Bonchev–Trinajstić information content (AvgIpc) is 3.49. The number of para-hydroxylation sites is 1. The predicted octanol–water partition coefficient (Wildman–Crippen LogP) is 5.34. The zero-order valence-corrected chi connectivity index (χ0v) is 25.7. The van der Waals surface area contributed by atoms with E-state index in [4.69, 9.17) is 14.0 Å². The van der Waals surface area contributed by atoms with E-state index in [0.29, 0.717) is 60.5 Å². The van der Waals surface area contributed by atoms with Gasteiger partial charge in [-0.3, -0.25) is 14.5 Å².